The smallest absolute Gasteiger partial charge is 0.224 e. The maximum atomic E-state index is 13.3. The van der Waals surface area contributed by atoms with Gasteiger partial charge in [-0.05, 0) is 0 Å². The van der Waals surface area contributed by atoms with Crippen LogP contribution in [-0.4, -0.2) is 50.5 Å². The molecular weight excluding hydrogens is 227 g/mol. The van der Waals surface area contributed by atoms with Crippen molar-refractivity contribution in [3.05, 3.63) is 12.0 Å². The molecule has 0 amide bonds. The van der Waals surface area contributed by atoms with E-state index < -0.39 is 5.82 Å². The molecule has 0 atom stereocenters. The van der Waals surface area contributed by atoms with Gasteiger partial charge in [0.1, 0.15) is 0 Å². The summed E-state index contributed by atoms with van der Waals surface area (Å²) in [4.78, 5) is 7.68. The molecule has 0 fully saturated rings. The van der Waals surface area contributed by atoms with E-state index in [9.17, 15) is 4.39 Å². The molecule has 2 N–H and O–H groups in total. The minimum Gasteiger partial charge on any atom is -0.382 e. The summed E-state index contributed by atoms with van der Waals surface area (Å²) in [7, 11) is 3.28. The van der Waals surface area contributed by atoms with Crippen LogP contribution in [0.5, 0.6) is 0 Å². The third-order valence-corrected chi connectivity index (χ3v) is 1.94. The van der Waals surface area contributed by atoms with Crippen molar-refractivity contribution in [3.8, 4) is 0 Å². The SMILES string of the molecule is CNc1ncc(F)c(NCCOCCOC)n1. The van der Waals surface area contributed by atoms with Crippen LogP contribution in [0.1, 0.15) is 0 Å². The predicted octanol–water partition coefficient (Wildman–Crippen LogP) is 0.732. The molecule has 0 radical (unpaired) electrons. The number of halogens is 1. The van der Waals surface area contributed by atoms with Gasteiger partial charge in [0.2, 0.25) is 5.95 Å². The fourth-order valence-electron chi connectivity index (χ4n) is 1.10. The Kier molecular flexibility index (Phi) is 6.19. The number of nitrogens with zero attached hydrogens (tertiary/aromatic N) is 2. The first-order valence-electron chi connectivity index (χ1n) is 5.28. The van der Waals surface area contributed by atoms with E-state index in [-0.39, 0.29) is 5.82 Å². The minimum atomic E-state index is -0.485. The average Bonchev–Trinajstić information content (AvgIpc) is 2.35. The predicted molar refractivity (Wildman–Crippen MR) is 62.7 cm³/mol. The van der Waals surface area contributed by atoms with Gasteiger partial charge in [0.25, 0.3) is 0 Å². The first-order valence-corrected chi connectivity index (χ1v) is 5.28. The normalized spacial score (nSPS) is 10.3. The number of nitrogens with one attached hydrogen (secondary N) is 2. The molecule has 0 aliphatic carbocycles. The highest BCUT2D eigenvalue weighted by Crippen LogP contribution is 2.10. The molecule has 0 saturated carbocycles. The zero-order chi connectivity index (χ0) is 12.5. The van der Waals surface area contributed by atoms with Crippen LogP contribution in [0.4, 0.5) is 16.2 Å². The summed E-state index contributed by atoms with van der Waals surface area (Å²) in [6.45, 7) is 2.00. The molecule has 1 aromatic rings. The van der Waals surface area contributed by atoms with Crippen LogP contribution >= 0.6 is 0 Å². The summed E-state index contributed by atoms with van der Waals surface area (Å²) >= 11 is 0. The van der Waals surface area contributed by atoms with Crippen LogP contribution < -0.4 is 10.6 Å². The topological polar surface area (TPSA) is 68.3 Å². The molecule has 0 aliphatic rings. The van der Waals surface area contributed by atoms with Gasteiger partial charge < -0.3 is 20.1 Å². The lowest BCUT2D eigenvalue weighted by Crippen LogP contribution is -2.14. The minimum absolute atomic E-state index is 0.166. The molecule has 6 nitrogen and oxygen atoms in total. The van der Waals surface area contributed by atoms with Crippen LogP contribution in [0.3, 0.4) is 0 Å². The van der Waals surface area contributed by atoms with Crippen molar-refractivity contribution in [2.45, 2.75) is 0 Å². The van der Waals surface area contributed by atoms with Crippen molar-refractivity contribution < 1.29 is 13.9 Å². The van der Waals surface area contributed by atoms with Crippen LogP contribution in [0.15, 0.2) is 6.20 Å². The van der Waals surface area contributed by atoms with Crippen LogP contribution in [0.2, 0.25) is 0 Å². The van der Waals surface area contributed by atoms with E-state index in [4.69, 9.17) is 9.47 Å². The van der Waals surface area contributed by atoms with E-state index in [2.05, 4.69) is 20.6 Å². The van der Waals surface area contributed by atoms with Crippen molar-refractivity contribution >= 4 is 11.8 Å². The highest BCUT2D eigenvalue weighted by molar-refractivity contribution is 5.40. The molecule has 1 rings (SSSR count). The van der Waals surface area contributed by atoms with E-state index in [1.165, 1.54) is 0 Å². The number of hydrogen-bond donors (Lipinski definition) is 2. The van der Waals surface area contributed by atoms with Gasteiger partial charge in [-0.1, -0.05) is 0 Å². The van der Waals surface area contributed by atoms with Gasteiger partial charge in [-0.25, -0.2) is 9.37 Å². The van der Waals surface area contributed by atoms with Crippen LogP contribution in [0, 0.1) is 5.82 Å². The number of ether oxygens (including phenoxy) is 2. The Morgan fingerprint density at radius 1 is 1.35 bits per heavy atom. The second kappa shape index (κ2) is 7.75. The van der Waals surface area contributed by atoms with Crippen LogP contribution in [0.25, 0.3) is 0 Å². The molecule has 0 aromatic carbocycles. The Hall–Kier alpha value is -1.47. The second-order valence-electron chi connectivity index (χ2n) is 3.17. The molecule has 17 heavy (non-hydrogen) atoms. The van der Waals surface area contributed by atoms with Gasteiger partial charge in [-0.2, -0.15) is 4.98 Å². The summed E-state index contributed by atoms with van der Waals surface area (Å²) in [6.07, 6.45) is 1.12. The molecule has 0 aliphatic heterocycles. The van der Waals surface area contributed by atoms with Gasteiger partial charge in [-0.3, -0.25) is 0 Å². The van der Waals surface area contributed by atoms with E-state index in [0.29, 0.717) is 32.3 Å². The monoisotopic (exact) mass is 244 g/mol. The molecule has 7 heteroatoms. The van der Waals surface area contributed by atoms with Crippen molar-refractivity contribution in [1.82, 2.24) is 9.97 Å². The fraction of sp³-hybridized carbons (Fsp3) is 0.600. The zero-order valence-electron chi connectivity index (χ0n) is 9.99. The molecule has 1 aromatic heterocycles. The molecule has 0 unspecified atom stereocenters. The average molecular weight is 244 g/mol. The Balaban J connectivity index is 2.30. The van der Waals surface area contributed by atoms with Gasteiger partial charge >= 0.3 is 0 Å². The Labute approximate surface area is 99.6 Å². The lowest BCUT2D eigenvalue weighted by Gasteiger charge is -2.08. The van der Waals surface area contributed by atoms with Gasteiger partial charge in [0, 0.05) is 20.7 Å². The summed E-state index contributed by atoms with van der Waals surface area (Å²) in [5, 5.41) is 5.57. The second-order valence-corrected chi connectivity index (χ2v) is 3.17. The van der Waals surface area contributed by atoms with Gasteiger partial charge in [0.15, 0.2) is 11.6 Å². The van der Waals surface area contributed by atoms with E-state index in [0.717, 1.165) is 6.20 Å². The summed E-state index contributed by atoms with van der Waals surface area (Å²) < 4.78 is 23.3. The van der Waals surface area contributed by atoms with E-state index >= 15 is 0 Å². The van der Waals surface area contributed by atoms with Gasteiger partial charge in [0.05, 0.1) is 26.0 Å². The standard InChI is InChI=1S/C10H17FN4O2/c1-12-10-14-7-8(11)9(15-10)13-3-4-17-6-5-16-2/h7H,3-6H2,1-2H3,(H2,12,13,14,15). The Morgan fingerprint density at radius 2 is 2.18 bits per heavy atom. The number of rotatable bonds is 8. The maximum Gasteiger partial charge on any atom is 0.224 e. The highest BCUT2D eigenvalue weighted by Gasteiger charge is 2.04. The molecular formula is C10H17FN4O2. The molecule has 0 bridgehead atoms. The lowest BCUT2D eigenvalue weighted by atomic mass is 10.5. The molecule has 96 valence electrons. The first-order chi connectivity index (χ1) is 8.27. The quantitative estimate of drug-likeness (QED) is 0.657. The largest absolute Gasteiger partial charge is 0.382 e. The zero-order valence-corrected chi connectivity index (χ0v) is 9.99. The summed E-state index contributed by atoms with van der Waals surface area (Å²) in [5.74, 6) is 0.0507. The fourth-order valence-corrected chi connectivity index (χ4v) is 1.10. The number of hydrogen-bond acceptors (Lipinski definition) is 6. The highest BCUT2D eigenvalue weighted by atomic mass is 19.1. The Bertz CT molecular complexity index is 338. The van der Waals surface area contributed by atoms with Gasteiger partial charge in [-0.15, -0.1) is 0 Å². The molecule has 0 spiro atoms. The third kappa shape index (κ3) is 4.92. The first kappa shape index (κ1) is 13.6. The lowest BCUT2D eigenvalue weighted by molar-refractivity contribution is 0.0759. The number of methoxy groups -OCH3 is 1. The maximum absolute atomic E-state index is 13.3. The molecule has 1 heterocycles. The summed E-state index contributed by atoms with van der Waals surface area (Å²) in [5.41, 5.74) is 0. The number of anilines is 2. The molecule has 0 saturated heterocycles. The van der Waals surface area contributed by atoms with E-state index in [1.807, 2.05) is 0 Å². The third-order valence-electron chi connectivity index (χ3n) is 1.94. The van der Waals surface area contributed by atoms with Crippen LogP contribution in [-0.2, 0) is 9.47 Å². The Morgan fingerprint density at radius 3 is 2.88 bits per heavy atom. The van der Waals surface area contributed by atoms with Crippen molar-refractivity contribution in [2.75, 3.05) is 51.2 Å². The number of aromatic nitrogens is 2. The van der Waals surface area contributed by atoms with Crippen molar-refractivity contribution in [2.24, 2.45) is 0 Å². The van der Waals surface area contributed by atoms with E-state index in [1.54, 1.807) is 14.2 Å². The summed E-state index contributed by atoms with van der Waals surface area (Å²) in [6, 6.07) is 0. The van der Waals surface area contributed by atoms with Crippen molar-refractivity contribution in [1.29, 1.82) is 0 Å². The van der Waals surface area contributed by atoms with Crippen molar-refractivity contribution in [3.63, 3.8) is 0 Å².